The molecule has 2 saturated carbocycles. The molecule has 0 aromatic carbocycles. The van der Waals surface area contributed by atoms with Gasteiger partial charge in [-0.1, -0.05) is 32.6 Å². The van der Waals surface area contributed by atoms with Crippen molar-refractivity contribution in [3.8, 4) is 0 Å². The highest BCUT2D eigenvalue weighted by Crippen LogP contribution is 2.44. The molecule has 0 spiro atoms. The molecule has 2 nitrogen and oxygen atoms in total. The van der Waals surface area contributed by atoms with Gasteiger partial charge in [-0.2, -0.15) is 0 Å². The fourth-order valence-corrected chi connectivity index (χ4v) is 4.81. The molecule has 21 heavy (non-hydrogen) atoms. The molecule has 0 bridgehead atoms. The molecule has 4 atom stereocenters. The van der Waals surface area contributed by atoms with E-state index in [4.69, 9.17) is 4.74 Å². The van der Waals surface area contributed by atoms with Gasteiger partial charge in [0, 0.05) is 0 Å². The molecule has 1 heterocycles. The van der Waals surface area contributed by atoms with Crippen LogP contribution in [0.25, 0.3) is 0 Å². The van der Waals surface area contributed by atoms with Gasteiger partial charge in [0.2, 0.25) is 0 Å². The largest absolute Gasteiger partial charge is 0.497 e. The molecule has 120 valence electrons. The third kappa shape index (κ3) is 3.83. The zero-order chi connectivity index (χ0) is 14.5. The first-order chi connectivity index (χ1) is 10.4. The van der Waals surface area contributed by atoms with Crippen LogP contribution in [0.4, 0.5) is 0 Å². The normalized spacial score (nSPS) is 34.5. The molecule has 1 N–H and O–H groups in total. The Morgan fingerprint density at radius 2 is 2.00 bits per heavy atom. The Kier molecular flexibility index (Phi) is 5.62. The number of rotatable bonds is 5. The van der Waals surface area contributed by atoms with Gasteiger partial charge in [-0.3, -0.25) is 0 Å². The summed E-state index contributed by atoms with van der Waals surface area (Å²) in [7, 11) is 0. The van der Waals surface area contributed by atoms with Crippen LogP contribution in [0.3, 0.4) is 0 Å². The van der Waals surface area contributed by atoms with Crippen molar-refractivity contribution in [1.82, 2.24) is 5.32 Å². The third-order valence-electron chi connectivity index (χ3n) is 5.94. The second-order valence-electron chi connectivity index (χ2n) is 7.41. The fraction of sp³-hybridized carbons (Fsp3) is 0.895. The smallest absolute Gasteiger partial charge is 0.109 e. The van der Waals surface area contributed by atoms with Crippen LogP contribution in [0.1, 0.15) is 71.1 Å². The fourth-order valence-electron chi connectivity index (χ4n) is 4.81. The van der Waals surface area contributed by atoms with Gasteiger partial charge in [-0.25, -0.2) is 0 Å². The van der Waals surface area contributed by atoms with Gasteiger partial charge in [-0.15, -0.1) is 0 Å². The summed E-state index contributed by atoms with van der Waals surface area (Å²) in [5.41, 5.74) is 0. The minimum absolute atomic E-state index is 0.494. The molecule has 2 heteroatoms. The number of allylic oxidation sites excluding steroid dienone is 1. The van der Waals surface area contributed by atoms with E-state index in [0.717, 1.165) is 30.9 Å². The van der Waals surface area contributed by atoms with Gasteiger partial charge in [0.25, 0.3) is 0 Å². The Bertz CT molecular complexity index is 351. The highest BCUT2D eigenvalue weighted by atomic mass is 16.5. The Morgan fingerprint density at radius 1 is 1.14 bits per heavy atom. The van der Waals surface area contributed by atoms with Crippen LogP contribution in [0.2, 0.25) is 0 Å². The molecular weight excluding hydrogens is 258 g/mol. The average molecular weight is 291 g/mol. The summed E-state index contributed by atoms with van der Waals surface area (Å²) >= 11 is 0. The van der Waals surface area contributed by atoms with Crippen molar-refractivity contribution in [1.29, 1.82) is 0 Å². The third-order valence-corrected chi connectivity index (χ3v) is 5.94. The Labute approximate surface area is 130 Å². The lowest BCUT2D eigenvalue weighted by Crippen LogP contribution is -2.43. The van der Waals surface area contributed by atoms with Crippen LogP contribution in [0, 0.1) is 17.8 Å². The van der Waals surface area contributed by atoms with E-state index in [1.54, 1.807) is 0 Å². The predicted octanol–water partition coefficient (Wildman–Crippen LogP) is 4.66. The molecule has 0 aromatic rings. The lowest BCUT2D eigenvalue weighted by molar-refractivity contribution is 0.0882. The summed E-state index contributed by atoms with van der Waals surface area (Å²) in [4.78, 5) is 0. The van der Waals surface area contributed by atoms with E-state index in [-0.39, 0.29) is 0 Å². The van der Waals surface area contributed by atoms with Crippen molar-refractivity contribution >= 4 is 0 Å². The zero-order valence-corrected chi connectivity index (χ0v) is 13.8. The van der Waals surface area contributed by atoms with Crippen molar-refractivity contribution in [2.24, 2.45) is 17.8 Å². The standard InChI is InChI=1S/C19H33NO/c1-2-12-20-19(18-9-5-6-13-21-18)17-11-10-15-7-3-4-8-16(15)14-17/h9,15-17,19-20H,2-8,10-14H2,1H3. The van der Waals surface area contributed by atoms with Gasteiger partial charge in [0.05, 0.1) is 12.6 Å². The highest BCUT2D eigenvalue weighted by molar-refractivity contribution is 5.09. The van der Waals surface area contributed by atoms with E-state index in [1.807, 2.05) is 0 Å². The van der Waals surface area contributed by atoms with Crippen LogP contribution in [0.5, 0.6) is 0 Å². The van der Waals surface area contributed by atoms with Gasteiger partial charge in [0.1, 0.15) is 5.76 Å². The molecule has 2 fully saturated rings. The second-order valence-corrected chi connectivity index (χ2v) is 7.41. The number of hydrogen-bond acceptors (Lipinski definition) is 2. The molecule has 0 amide bonds. The topological polar surface area (TPSA) is 21.3 Å². The molecule has 0 saturated heterocycles. The molecule has 0 aromatic heterocycles. The maximum atomic E-state index is 6.03. The maximum Gasteiger partial charge on any atom is 0.109 e. The summed E-state index contributed by atoms with van der Waals surface area (Å²) in [5, 5.41) is 3.81. The van der Waals surface area contributed by atoms with Crippen molar-refractivity contribution in [2.75, 3.05) is 13.2 Å². The van der Waals surface area contributed by atoms with E-state index < -0.39 is 0 Å². The van der Waals surface area contributed by atoms with E-state index in [9.17, 15) is 0 Å². The zero-order valence-electron chi connectivity index (χ0n) is 13.8. The molecule has 4 unspecified atom stereocenters. The van der Waals surface area contributed by atoms with Gasteiger partial charge < -0.3 is 10.1 Å². The number of nitrogens with one attached hydrogen (secondary N) is 1. The second kappa shape index (κ2) is 7.67. The lowest BCUT2D eigenvalue weighted by Gasteiger charge is -2.42. The van der Waals surface area contributed by atoms with E-state index in [2.05, 4.69) is 18.3 Å². The lowest BCUT2D eigenvalue weighted by atomic mass is 9.66. The van der Waals surface area contributed by atoms with Crippen molar-refractivity contribution < 1.29 is 4.74 Å². The minimum atomic E-state index is 0.494. The Balaban J connectivity index is 1.65. The first-order valence-corrected chi connectivity index (χ1v) is 9.44. The number of ether oxygens (including phenoxy) is 1. The van der Waals surface area contributed by atoms with E-state index in [0.29, 0.717) is 6.04 Å². The van der Waals surface area contributed by atoms with Crippen LogP contribution in [0.15, 0.2) is 11.8 Å². The maximum absolute atomic E-state index is 6.03. The molecule has 2 aliphatic carbocycles. The van der Waals surface area contributed by atoms with Crippen molar-refractivity contribution in [3.63, 3.8) is 0 Å². The summed E-state index contributed by atoms with van der Waals surface area (Å²) in [5.74, 6) is 4.13. The first kappa shape index (κ1) is 15.4. The van der Waals surface area contributed by atoms with Crippen LogP contribution < -0.4 is 5.32 Å². The van der Waals surface area contributed by atoms with Crippen molar-refractivity contribution in [2.45, 2.75) is 77.2 Å². The van der Waals surface area contributed by atoms with Crippen LogP contribution >= 0.6 is 0 Å². The highest BCUT2D eigenvalue weighted by Gasteiger charge is 2.37. The molecule has 3 rings (SSSR count). The van der Waals surface area contributed by atoms with Gasteiger partial charge in [-0.05, 0) is 68.9 Å². The SMILES string of the molecule is CCCNC(C1=CCCCO1)C1CCC2CCCCC2C1. The van der Waals surface area contributed by atoms with Gasteiger partial charge >= 0.3 is 0 Å². The molecule has 0 radical (unpaired) electrons. The van der Waals surface area contributed by atoms with Crippen LogP contribution in [-0.2, 0) is 4.74 Å². The molecule has 3 aliphatic rings. The average Bonchev–Trinajstić information content (AvgIpc) is 2.56. The van der Waals surface area contributed by atoms with E-state index >= 15 is 0 Å². The van der Waals surface area contributed by atoms with Crippen molar-refractivity contribution in [3.05, 3.63) is 11.8 Å². The summed E-state index contributed by atoms with van der Waals surface area (Å²) in [6, 6.07) is 0.494. The van der Waals surface area contributed by atoms with Crippen LogP contribution in [-0.4, -0.2) is 19.2 Å². The predicted molar refractivity (Wildman–Crippen MR) is 88.1 cm³/mol. The summed E-state index contributed by atoms with van der Waals surface area (Å²) in [6.07, 6.45) is 16.2. The summed E-state index contributed by atoms with van der Waals surface area (Å²) < 4.78 is 6.03. The summed E-state index contributed by atoms with van der Waals surface area (Å²) in [6.45, 7) is 4.31. The number of hydrogen-bond donors (Lipinski definition) is 1. The molecular formula is C19H33NO. The quantitative estimate of drug-likeness (QED) is 0.795. The van der Waals surface area contributed by atoms with E-state index in [1.165, 1.54) is 70.0 Å². The molecule has 1 aliphatic heterocycles. The first-order valence-electron chi connectivity index (χ1n) is 9.44. The number of fused-ring (bicyclic) bond motifs is 1. The minimum Gasteiger partial charge on any atom is -0.497 e. The Hall–Kier alpha value is -0.500. The van der Waals surface area contributed by atoms with Gasteiger partial charge in [0.15, 0.2) is 0 Å². The monoisotopic (exact) mass is 291 g/mol. The Morgan fingerprint density at radius 3 is 2.76 bits per heavy atom.